The highest BCUT2D eigenvalue weighted by Gasteiger charge is 2.19. The number of benzene rings is 1. The molecule has 0 radical (unpaired) electrons. The number of thiophene rings is 1. The maximum absolute atomic E-state index is 5.46. The molecule has 1 aliphatic rings. The Balaban J connectivity index is 1.48. The van der Waals surface area contributed by atoms with Crippen LogP contribution in [0.4, 0.5) is 0 Å². The lowest BCUT2D eigenvalue weighted by Crippen LogP contribution is -2.36. The van der Waals surface area contributed by atoms with E-state index in [0.717, 1.165) is 59.6 Å². The van der Waals surface area contributed by atoms with Gasteiger partial charge in [0, 0.05) is 23.4 Å². The van der Waals surface area contributed by atoms with Crippen molar-refractivity contribution >= 4 is 33.3 Å². The Hall–Kier alpha value is -2.33. The summed E-state index contributed by atoms with van der Waals surface area (Å²) >= 11 is 3.23. The molecule has 0 amide bonds. The summed E-state index contributed by atoms with van der Waals surface area (Å²) in [5, 5.41) is 7.37. The van der Waals surface area contributed by atoms with E-state index in [1.165, 1.54) is 22.2 Å². The van der Waals surface area contributed by atoms with Crippen molar-refractivity contribution in [3.05, 3.63) is 52.9 Å². The molecule has 4 heterocycles. The van der Waals surface area contributed by atoms with Gasteiger partial charge in [0.25, 0.3) is 0 Å². The van der Waals surface area contributed by atoms with Crippen LogP contribution in [0.1, 0.15) is 16.3 Å². The Bertz CT molecular complexity index is 1170. The first-order valence-electron chi connectivity index (χ1n) is 9.89. The Morgan fingerprint density at radius 2 is 1.90 bits per heavy atom. The average Bonchev–Trinajstić information content (AvgIpc) is 3.34. The van der Waals surface area contributed by atoms with E-state index in [9.17, 15) is 0 Å². The van der Waals surface area contributed by atoms with E-state index in [4.69, 9.17) is 14.7 Å². The smallest absolute Gasteiger partial charge is 0.215 e. The molecule has 1 saturated heterocycles. The van der Waals surface area contributed by atoms with Crippen molar-refractivity contribution in [1.82, 2.24) is 29.6 Å². The molecule has 0 bridgehead atoms. The van der Waals surface area contributed by atoms with Crippen LogP contribution in [0.15, 0.2) is 46.8 Å². The molecule has 9 heteroatoms. The van der Waals surface area contributed by atoms with Crippen LogP contribution in [0, 0.1) is 13.8 Å². The number of morpholine rings is 1. The molecule has 0 atom stereocenters. The second kappa shape index (κ2) is 8.43. The number of rotatable bonds is 5. The number of para-hydroxylation sites is 1. The first-order chi connectivity index (χ1) is 14.7. The van der Waals surface area contributed by atoms with Crippen molar-refractivity contribution in [2.24, 2.45) is 0 Å². The van der Waals surface area contributed by atoms with E-state index in [1.54, 1.807) is 22.3 Å². The summed E-state index contributed by atoms with van der Waals surface area (Å²) in [5.74, 6) is 0.843. The van der Waals surface area contributed by atoms with Crippen molar-refractivity contribution in [2.75, 3.05) is 26.3 Å². The maximum Gasteiger partial charge on any atom is 0.215 e. The number of nitrogens with zero attached hydrogens (tertiary/aromatic N) is 6. The van der Waals surface area contributed by atoms with Crippen molar-refractivity contribution in [3.63, 3.8) is 0 Å². The van der Waals surface area contributed by atoms with Gasteiger partial charge in [-0.2, -0.15) is 0 Å². The highest BCUT2D eigenvalue weighted by atomic mass is 32.2. The fraction of sp³-hybridized carbons (Fsp3) is 0.333. The summed E-state index contributed by atoms with van der Waals surface area (Å²) in [6.45, 7) is 8.36. The molecule has 154 valence electrons. The molecule has 3 aromatic heterocycles. The van der Waals surface area contributed by atoms with Crippen LogP contribution < -0.4 is 0 Å². The average molecular weight is 439 g/mol. The number of hydrogen-bond acceptors (Lipinski definition) is 8. The van der Waals surface area contributed by atoms with Crippen molar-refractivity contribution in [2.45, 2.75) is 30.6 Å². The molecule has 5 rings (SSSR count). The molecular weight excluding hydrogens is 416 g/mol. The minimum Gasteiger partial charge on any atom is -0.379 e. The third kappa shape index (κ3) is 3.98. The van der Waals surface area contributed by atoms with Gasteiger partial charge in [0.1, 0.15) is 22.0 Å². The lowest BCUT2D eigenvalue weighted by Gasteiger charge is -2.25. The largest absolute Gasteiger partial charge is 0.379 e. The number of hydrogen-bond donors (Lipinski definition) is 0. The van der Waals surface area contributed by atoms with Gasteiger partial charge in [-0.1, -0.05) is 18.2 Å². The third-order valence-corrected chi connectivity index (χ3v) is 7.15. The van der Waals surface area contributed by atoms with E-state index < -0.39 is 0 Å². The van der Waals surface area contributed by atoms with Gasteiger partial charge in [0.2, 0.25) is 5.16 Å². The minimum atomic E-state index is 0.680. The highest BCUT2D eigenvalue weighted by Crippen LogP contribution is 2.37. The summed E-state index contributed by atoms with van der Waals surface area (Å²) < 4.78 is 7.26. The lowest BCUT2D eigenvalue weighted by atomic mass is 10.2. The number of ether oxygens (including phenoxy) is 1. The maximum atomic E-state index is 5.46. The topological polar surface area (TPSA) is 69.0 Å². The fourth-order valence-electron chi connectivity index (χ4n) is 3.45. The zero-order chi connectivity index (χ0) is 20.5. The molecule has 7 nitrogen and oxygen atoms in total. The lowest BCUT2D eigenvalue weighted by molar-refractivity contribution is 0.0330. The highest BCUT2D eigenvalue weighted by molar-refractivity contribution is 7.99. The standard InChI is InChI=1S/C21H22N6OS2/c1-14-15(2)29-19-18(14)20(24-17(23-19)12-26-8-10-28-11-9-26)30-21-22-13-27(25-21)16-6-4-3-5-7-16/h3-7,13H,8-12H2,1-2H3. The zero-order valence-corrected chi connectivity index (χ0v) is 18.5. The molecular formula is C21H22N6OS2. The molecule has 4 aromatic rings. The van der Waals surface area contributed by atoms with Crippen molar-refractivity contribution < 1.29 is 4.74 Å². The van der Waals surface area contributed by atoms with E-state index in [-0.39, 0.29) is 0 Å². The van der Waals surface area contributed by atoms with Gasteiger partial charge in [-0.3, -0.25) is 4.90 Å². The molecule has 0 N–H and O–H groups in total. The summed E-state index contributed by atoms with van der Waals surface area (Å²) in [7, 11) is 0. The SMILES string of the molecule is Cc1sc2nc(CN3CCOCC3)nc(Sc3ncn(-c4ccccc4)n3)c2c1C. The minimum absolute atomic E-state index is 0.680. The van der Waals surface area contributed by atoms with Crippen LogP contribution in [0.3, 0.4) is 0 Å². The summed E-state index contributed by atoms with van der Waals surface area (Å²) in [6.07, 6.45) is 1.75. The Kier molecular flexibility index (Phi) is 5.51. The predicted octanol–water partition coefficient (Wildman–Crippen LogP) is 3.87. The molecule has 0 unspecified atom stereocenters. The summed E-state index contributed by atoms with van der Waals surface area (Å²) in [5.41, 5.74) is 2.22. The van der Waals surface area contributed by atoms with E-state index in [2.05, 4.69) is 28.8 Å². The van der Waals surface area contributed by atoms with Gasteiger partial charge >= 0.3 is 0 Å². The van der Waals surface area contributed by atoms with Crippen LogP contribution in [-0.2, 0) is 11.3 Å². The Morgan fingerprint density at radius 3 is 2.70 bits per heavy atom. The number of aromatic nitrogens is 5. The molecule has 0 aliphatic carbocycles. The molecule has 0 saturated carbocycles. The van der Waals surface area contributed by atoms with Crippen molar-refractivity contribution in [3.8, 4) is 5.69 Å². The molecule has 0 spiro atoms. The van der Waals surface area contributed by atoms with Crippen LogP contribution in [0.25, 0.3) is 15.9 Å². The van der Waals surface area contributed by atoms with Gasteiger partial charge in [0.15, 0.2) is 0 Å². The van der Waals surface area contributed by atoms with Gasteiger partial charge in [-0.15, -0.1) is 16.4 Å². The van der Waals surface area contributed by atoms with Crippen LogP contribution in [0.5, 0.6) is 0 Å². The zero-order valence-electron chi connectivity index (χ0n) is 16.9. The quantitative estimate of drug-likeness (QED) is 0.438. The molecule has 30 heavy (non-hydrogen) atoms. The Morgan fingerprint density at radius 1 is 1.10 bits per heavy atom. The summed E-state index contributed by atoms with van der Waals surface area (Å²) in [6, 6.07) is 10.0. The van der Waals surface area contributed by atoms with Crippen LogP contribution in [-0.4, -0.2) is 55.9 Å². The van der Waals surface area contributed by atoms with Gasteiger partial charge in [-0.25, -0.2) is 19.6 Å². The Labute approximate surface area is 183 Å². The first-order valence-corrected chi connectivity index (χ1v) is 11.5. The van der Waals surface area contributed by atoms with Gasteiger partial charge in [0.05, 0.1) is 25.4 Å². The second-order valence-corrected chi connectivity index (χ2v) is 9.37. The number of fused-ring (bicyclic) bond motifs is 1. The second-order valence-electron chi connectivity index (χ2n) is 7.21. The molecule has 1 fully saturated rings. The van der Waals surface area contributed by atoms with E-state index in [0.29, 0.717) is 5.16 Å². The third-order valence-electron chi connectivity index (χ3n) is 5.19. The number of aryl methyl sites for hydroxylation is 2. The summed E-state index contributed by atoms with van der Waals surface area (Å²) in [4.78, 5) is 19.0. The first kappa shape index (κ1) is 19.6. The molecule has 1 aromatic carbocycles. The predicted molar refractivity (Wildman–Crippen MR) is 118 cm³/mol. The normalized spacial score (nSPS) is 15.1. The fourth-order valence-corrected chi connectivity index (χ4v) is 5.46. The van der Waals surface area contributed by atoms with Gasteiger partial charge < -0.3 is 4.74 Å². The molecule has 1 aliphatic heterocycles. The van der Waals surface area contributed by atoms with Gasteiger partial charge in [-0.05, 0) is 43.3 Å². The monoisotopic (exact) mass is 438 g/mol. The van der Waals surface area contributed by atoms with Crippen molar-refractivity contribution in [1.29, 1.82) is 0 Å². The van der Waals surface area contributed by atoms with Crippen LogP contribution in [0.2, 0.25) is 0 Å². The van der Waals surface area contributed by atoms with Crippen LogP contribution >= 0.6 is 23.1 Å². The van der Waals surface area contributed by atoms with E-state index >= 15 is 0 Å². The van der Waals surface area contributed by atoms with E-state index in [1.807, 2.05) is 30.3 Å².